The van der Waals surface area contributed by atoms with Gasteiger partial charge in [-0.2, -0.15) is 0 Å². The number of rotatable bonds is 5. The number of ether oxygens (including phenoxy) is 1. The number of halogens is 1. The number of ketones is 1. The largest absolute Gasteiger partial charge is 0.436 e. The van der Waals surface area contributed by atoms with E-state index in [4.69, 9.17) is 9.84 Å². The number of nitrogens with zero attached hydrogens (tertiary/aromatic N) is 1. The Hall–Kier alpha value is -2.27. The lowest BCUT2D eigenvalue weighted by atomic mass is 9.63. The maximum absolute atomic E-state index is 14.1. The number of fused-ring (bicyclic) bond motifs is 3. The Morgan fingerprint density at radius 1 is 1.19 bits per heavy atom. The van der Waals surface area contributed by atoms with Gasteiger partial charge in [0.05, 0.1) is 0 Å². The topological polar surface area (TPSA) is 59.4 Å². The van der Waals surface area contributed by atoms with Gasteiger partial charge in [0, 0.05) is 11.8 Å². The van der Waals surface area contributed by atoms with Crippen molar-refractivity contribution >= 4 is 5.78 Å². The van der Waals surface area contributed by atoms with Crippen LogP contribution in [0.1, 0.15) is 53.9 Å². The van der Waals surface area contributed by atoms with E-state index in [1.807, 2.05) is 12.1 Å². The van der Waals surface area contributed by atoms with Crippen molar-refractivity contribution in [3.63, 3.8) is 0 Å². The number of aliphatic hydroxyl groups excluding tert-OH is 1. The van der Waals surface area contributed by atoms with Gasteiger partial charge in [0.1, 0.15) is 12.4 Å². The highest BCUT2D eigenvalue weighted by molar-refractivity contribution is 5.96. The average Bonchev–Trinajstić information content (AvgIpc) is 2.70. The zero-order valence-corrected chi connectivity index (χ0v) is 14.5. The van der Waals surface area contributed by atoms with Crippen molar-refractivity contribution in [3.05, 3.63) is 53.5 Å². The summed E-state index contributed by atoms with van der Waals surface area (Å²) in [5.74, 6) is 1.34. The molecule has 1 aromatic heterocycles. The van der Waals surface area contributed by atoms with Crippen LogP contribution < -0.4 is 4.74 Å². The Morgan fingerprint density at radius 2 is 1.92 bits per heavy atom. The van der Waals surface area contributed by atoms with E-state index in [1.165, 1.54) is 43.9 Å². The number of benzene rings is 1. The smallest absolute Gasteiger partial charge is 0.255 e. The van der Waals surface area contributed by atoms with Crippen molar-refractivity contribution in [1.29, 1.82) is 0 Å². The standard InChI is InChI=1S/C21H22FNO3/c22-19-10-16(20(25)12-24)11-23-21(19)26-17-7-5-15(6-8-17)18-9-13-1-3-14(18)4-2-13/h5-8,10-11,13-14,18,24H,1-4,9,12H2. The fourth-order valence-electron chi connectivity index (χ4n) is 4.43. The number of carbonyl (C=O) groups excluding carboxylic acids is 1. The molecule has 2 aromatic rings. The molecule has 3 aliphatic carbocycles. The van der Waals surface area contributed by atoms with Crippen LogP contribution in [0.2, 0.25) is 0 Å². The average molecular weight is 355 g/mol. The predicted molar refractivity (Wildman–Crippen MR) is 94.9 cm³/mol. The van der Waals surface area contributed by atoms with Crippen molar-refractivity contribution in [2.75, 3.05) is 6.61 Å². The molecule has 1 heterocycles. The van der Waals surface area contributed by atoms with Gasteiger partial charge in [0.15, 0.2) is 11.6 Å². The molecule has 2 bridgehead atoms. The summed E-state index contributed by atoms with van der Waals surface area (Å²) >= 11 is 0. The Labute approximate surface area is 152 Å². The van der Waals surface area contributed by atoms with Crippen molar-refractivity contribution in [2.24, 2.45) is 11.8 Å². The highest BCUT2D eigenvalue weighted by Crippen LogP contribution is 2.49. The number of aromatic nitrogens is 1. The molecule has 0 radical (unpaired) electrons. The lowest BCUT2D eigenvalue weighted by Gasteiger charge is -2.42. The van der Waals surface area contributed by atoms with Crippen LogP contribution in [-0.2, 0) is 0 Å². The molecular formula is C21H22FNO3. The number of hydrogen-bond donors (Lipinski definition) is 1. The van der Waals surface area contributed by atoms with Crippen LogP contribution in [0.4, 0.5) is 4.39 Å². The molecule has 136 valence electrons. The SMILES string of the molecule is O=C(CO)c1cnc(Oc2ccc(C3CC4CCC3CC4)cc2)c(F)c1. The third-order valence-corrected chi connectivity index (χ3v) is 5.84. The van der Waals surface area contributed by atoms with Crippen LogP contribution in [0.15, 0.2) is 36.5 Å². The van der Waals surface area contributed by atoms with E-state index in [1.54, 1.807) is 0 Å². The van der Waals surface area contributed by atoms with E-state index in [0.717, 1.165) is 17.9 Å². The fourth-order valence-corrected chi connectivity index (χ4v) is 4.43. The zero-order chi connectivity index (χ0) is 18.1. The number of carbonyl (C=O) groups is 1. The highest BCUT2D eigenvalue weighted by atomic mass is 19.1. The van der Waals surface area contributed by atoms with Crippen LogP contribution in [0.25, 0.3) is 0 Å². The summed E-state index contributed by atoms with van der Waals surface area (Å²) in [6.07, 6.45) is 7.92. The maximum Gasteiger partial charge on any atom is 0.255 e. The molecule has 3 saturated carbocycles. The highest BCUT2D eigenvalue weighted by Gasteiger charge is 2.36. The first-order valence-corrected chi connectivity index (χ1v) is 9.21. The number of pyridine rings is 1. The van der Waals surface area contributed by atoms with Crippen molar-refractivity contribution in [3.8, 4) is 11.6 Å². The van der Waals surface area contributed by atoms with E-state index in [0.29, 0.717) is 11.7 Å². The lowest BCUT2D eigenvalue weighted by Crippen LogP contribution is -2.29. The van der Waals surface area contributed by atoms with Gasteiger partial charge in [-0.05, 0) is 60.8 Å². The molecule has 0 aliphatic heterocycles. The second-order valence-corrected chi connectivity index (χ2v) is 7.39. The molecule has 1 N–H and O–H groups in total. The van der Waals surface area contributed by atoms with Crippen LogP contribution in [-0.4, -0.2) is 22.5 Å². The van der Waals surface area contributed by atoms with Gasteiger partial charge >= 0.3 is 0 Å². The molecule has 4 nitrogen and oxygen atoms in total. The molecular weight excluding hydrogens is 333 g/mol. The molecule has 1 atom stereocenters. The maximum atomic E-state index is 14.1. The van der Waals surface area contributed by atoms with Gasteiger partial charge in [-0.25, -0.2) is 9.37 Å². The summed E-state index contributed by atoms with van der Waals surface area (Å²) < 4.78 is 19.6. The van der Waals surface area contributed by atoms with Crippen LogP contribution in [0.5, 0.6) is 11.6 Å². The molecule has 0 spiro atoms. The van der Waals surface area contributed by atoms with E-state index in [2.05, 4.69) is 17.1 Å². The molecule has 26 heavy (non-hydrogen) atoms. The van der Waals surface area contributed by atoms with E-state index >= 15 is 0 Å². The zero-order valence-electron chi connectivity index (χ0n) is 14.5. The first-order chi connectivity index (χ1) is 12.6. The van der Waals surface area contributed by atoms with Crippen LogP contribution >= 0.6 is 0 Å². The van der Waals surface area contributed by atoms with Crippen LogP contribution in [0, 0.1) is 17.7 Å². The van der Waals surface area contributed by atoms with Gasteiger partial charge in [0.25, 0.3) is 5.88 Å². The minimum Gasteiger partial charge on any atom is -0.436 e. The van der Waals surface area contributed by atoms with E-state index in [9.17, 15) is 9.18 Å². The van der Waals surface area contributed by atoms with Gasteiger partial charge < -0.3 is 9.84 Å². The predicted octanol–water partition coefficient (Wildman–Crippen LogP) is 4.48. The summed E-state index contributed by atoms with van der Waals surface area (Å²) in [5, 5.41) is 8.83. The fraction of sp³-hybridized carbons (Fsp3) is 0.429. The van der Waals surface area contributed by atoms with Crippen molar-refractivity contribution in [1.82, 2.24) is 4.98 Å². The molecule has 0 saturated heterocycles. The molecule has 1 unspecified atom stereocenters. The summed E-state index contributed by atoms with van der Waals surface area (Å²) in [5.41, 5.74) is 1.36. The minimum atomic E-state index is -0.724. The summed E-state index contributed by atoms with van der Waals surface area (Å²) in [6.45, 7) is -0.675. The minimum absolute atomic E-state index is 0.0278. The van der Waals surface area contributed by atoms with Crippen LogP contribution in [0.3, 0.4) is 0 Å². The van der Waals surface area contributed by atoms with E-state index in [-0.39, 0.29) is 11.4 Å². The third-order valence-electron chi connectivity index (χ3n) is 5.84. The third kappa shape index (κ3) is 3.36. The van der Waals surface area contributed by atoms with Crippen molar-refractivity contribution < 1.29 is 19.0 Å². The summed E-state index contributed by atoms with van der Waals surface area (Å²) in [4.78, 5) is 15.2. The molecule has 3 aliphatic rings. The Bertz CT molecular complexity index is 797. The number of Topliss-reactive ketones (excluding diaryl/α,β-unsaturated/α-hetero) is 1. The molecule has 1 aromatic carbocycles. The lowest BCUT2D eigenvalue weighted by molar-refractivity contribution is 0.0903. The Kier molecular flexibility index (Phi) is 4.72. The molecule has 5 rings (SSSR count). The Morgan fingerprint density at radius 3 is 2.50 bits per heavy atom. The van der Waals surface area contributed by atoms with E-state index < -0.39 is 18.2 Å². The summed E-state index contributed by atoms with van der Waals surface area (Å²) in [7, 11) is 0. The quantitative estimate of drug-likeness (QED) is 0.803. The molecule has 3 fully saturated rings. The molecule has 0 amide bonds. The van der Waals surface area contributed by atoms with Gasteiger partial charge in [0.2, 0.25) is 0 Å². The van der Waals surface area contributed by atoms with Gasteiger partial charge in [-0.1, -0.05) is 25.0 Å². The van der Waals surface area contributed by atoms with Gasteiger partial charge in [-0.3, -0.25) is 4.79 Å². The Balaban J connectivity index is 1.47. The number of aliphatic hydroxyl groups is 1. The first-order valence-electron chi connectivity index (χ1n) is 9.21. The normalized spacial score (nSPS) is 24.5. The molecule has 5 heteroatoms. The summed E-state index contributed by atoms with van der Waals surface area (Å²) in [6, 6.07) is 8.88. The van der Waals surface area contributed by atoms with Gasteiger partial charge in [-0.15, -0.1) is 0 Å². The second kappa shape index (κ2) is 7.16. The monoisotopic (exact) mass is 355 g/mol. The van der Waals surface area contributed by atoms with Crippen molar-refractivity contribution in [2.45, 2.75) is 38.0 Å². The number of hydrogen-bond acceptors (Lipinski definition) is 4. The first kappa shape index (κ1) is 17.2. The second-order valence-electron chi connectivity index (χ2n) is 7.39.